The second-order valence-corrected chi connectivity index (χ2v) is 37.2. The summed E-state index contributed by atoms with van der Waals surface area (Å²) in [6.45, 7) is -8.44. The number of hydrogen-bond donors (Lipinski definition) is 38. The highest BCUT2D eigenvalue weighted by Crippen LogP contribution is 2.42. The molecule has 0 aliphatic carbocycles. The third-order valence-electron chi connectivity index (χ3n) is 26.7. The van der Waals surface area contributed by atoms with Gasteiger partial charge < -0.3 is 299 Å². The van der Waals surface area contributed by atoms with Crippen molar-refractivity contribution >= 4 is 29.5 Å². The van der Waals surface area contributed by atoms with Gasteiger partial charge >= 0.3 is 0 Å². The fourth-order valence-electron chi connectivity index (χ4n) is 18.7. The molecule has 11 unspecified atom stereocenters. The summed E-state index contributed by atoms with van der Waals surface area (Å²) in [4.78, 5) is 65.5. The molecule has 5 amide bonds. The normalized spacial score (nSPS) is 47.3. The molecule has 65 nitrogen and oxygen atoms in total. The first-order valence-electron chi connectivity index (χ1n) is 46.9. The van der Waals surface area contributed by atoms with Crippen LogP contribution in [-0.2, 0) is 128 Å². The molecule has 59 atom stereocenters. The van der Waals surface area contributed by atoms with E-state index in [1.54, 1.807) is 0 Å². The minimum Gasteiger partial charge on any atom is -0.394 e. The van der Waals surface area contributed by atoms with Crippen LogP contribution < -0.4 is 26.6 Å². The van der Waals surface area contributed by atoms with Gasteiger partial charge in [0.1, 0.15) is 281 Å². The van der Waals surface area contributed by atoms with Crippen LogP contribution in [0.5, 0.6) is 0 Å². The molecule has 0 saturated carbocycles. The summed E-state index contributed by atoms with van der Waals surface area (Å²) >= 11 is 0. The summed E-state index contributed by atoms with van der Waals surface area (Å²) in [6, 6.07) is -10.0. The minimum atomic E-state index is -2.77. The van der Waals surface area contributed by atoms with Crippen LogP contribution in [-0.4, -0.2) is 639 Å². The maximum absolute atomic E-state index is 13.5. The van der Waals surface area contributed by atoms with Crippen molar-refractivity contribution in [1.29, 1.82) is 0 Å². The largest absolute Gasteiger partial charge is 0.394 e. The van der Waals surface area contributed by atoms with Crippen molar-refractivity contribution < 1.29 is 297 Å². The van der Waals surface area contributed by atoms with Gasteiger partial charge in [0.2, 0.25) is 29.5 Å². The van der Waals surface area contributed by atoms with Crippen LogP contribution in [0.4, 0.5) is 0 Å². The Morgan fingerprint density at radius 1 is 0.252 bits per heavy atom. The maximum Gasteiger partial charge on any atom is 0.217 e. The van der Waals surface area contributed by atoms with Crippen LogP contribution in [0.15, 0.2) is 0 Å². The second-order valence-electron chi connectivity index (χ2n) is 37.2. The van der Waals surface area contributed by atoms with Gasteiger partial charge in [-0.15, -0.1) is 0 Å². The number of hydrogen-bond acceptors (Lipinski definition) is 60. The zero-order valence-corrected chi connectivity index (χ0v) is 79.3. The summed E-state index contributed by atoms with van der Waals surface area (Å²) < 4.78 is 132. The first-order valence-corrected chi connectivity index (χ1v) is 46.9. The monoisotopic (exact) mass is 2150 g/mol. The first kappa shape index (κ1) is 122. The maximum atomic E-state index is 13.5. The molecule has 0 aromatic heterocycles. The average molecular weight is 2150 g/mol. The van der Waals surface area contributed by atoms with Crippen molar-refractivity contribution in [3.8, 4) is 0 Å². The van der Waals surface area contributed by atoms with Crippen LogP contribution in [0, 0.1) is 0 Å². The van der Waals surface area contributed by atoms with Gasteiger partial charge in [0.15, 0.2) is 69.2 Å². The van der Waals surface area contributed by atoms with E-state index in [2.05, 4.69) is 26.6 Å². The van der Waals surface area contributed by atoms with Crippen molar-refractivity contribution in [2.24, 2.45) is 0 Å². The Balaban J connectivity index is 0.977. The number of aliphatic hydroxyl groups excluding tert-OH is 33. The fourth-order valence-corrected chi connectivity index (χ4v) is 18.7. The fraction of sp³-hybridized carbons (Fsp3) is 0.939. The van der Waals surface area contributed by atoms with E-state index in [0.717, 1.165) is 34.6 Å². The minimum absolute atomic E-state index is 0.850. The molecule has 11 saturated heterocycles. The second kappa shape index (κ2) is 54.2. The van der Waals surface area contributed by atoms with E-state index >= 15 is 0 Å². The van der Waals surface area contributed by atoms with Crippen LogP contribution >= 0.6 is 0 Å². The van der Waals surface area contributed by atoms with E-state index in [1.807, 2.05) is 0 Å². The lowest BCUT2D eigenvalue weighted by molar-refractivity contribution is -0.399. The van der Waals surface area contributed by atoms with Gasteiger partial charge in [0.25, 0.3) is 0 Å². The zero-order valence-electron chi connectivity index (χ0n) is 79.3. The third-order valence-corrected chi connectivity index (χ3v) is 26.7. The quantitative estimate of drug-likeness (QED) is 0.0270. The molecule has 852 valence electrons. The smallest absolute Gasteiger partial charge is 0.217 e. The van der Waals surface area contributed by atoms with E-state index in [9.17, 15) is 192 Å². The average Bonchev–Trinajstić information content (AvgIpc) is 0.758. The van der Waals surface area contributed by atoms with Crippen molar-refractivity contribution in [2.45, 2.75) is 403 Å². The molecular weight excluding hydrogens is 2010 g/mol. The van der Waals surface area contributed by atoms with Gasteiger partial charge in [0, 0.05) is 34.6 Å². The Morgan fingerprint density at radius 3 is 0.905 bits per heavy atom. The van der Waals surface area contributed by atoms with E-state index in [4.69, 9.17) is 104 Å². The Hall–Kier alpha value is -4.85. The van der Waals surface area contributed by atoms with E-state index in [-0.39, 0.29) is 0 Å². The molecule has 147 heavy (non-hydrogen) atoms. The molecule has 11 heterocycles. The Morgan fingerprint density at radius 2 is 0.531 bits per heavy atom. The van der Waals surface area contributed by atoms with Crippen molar-refractivity contribution in [3.63, 3.8) is 0 Å². The molecule has 0 aromatic rings. The lowest BCUT2D eigenvalue weighted by Crippen LogP contribution is -2.70. The molecular formula is C82H139N5O60. The SMILES string of the molecule is CC(=O)N[C@@H](CO)[C@@H](O)[C@H](OC1O[C@H](CO)[C@@H](OC2O[C@H](COC3O[C@H](COC4O[C@H](CO)[C@@H](OC5O[C@H](CO)[C@H](O)[C@H](O)[C@H]5O)[C@H](O)[C@H]4NC(C)=O)[C@@H](O)[C@H](O)[C@@H]3OC3O[C@H](CO)[C@@H](OC4O[C@H](CO)[C@H](O)[C@H](O)[C@H]4O)[C@H](O)[C@H]3NC(C)=O)[C@@H](O)[C@H](OC3O[C@H](CO)[C@@H](O)[C@H](O)[C@@H]3OC3O[C@H](CO)[C@@H](OC4O[C@H](CO)[C@H](O)[C@H](O)[C@H]4O)[C@H](O)[C@H]3NC(C)=O)[C@@H]2O)[C@H](O)[C@H]1NC(C)=O)[C@H](O)COC1O[C@@H](C)[C@@H](O)[C@@H](O)[C@@H]1O. The Kier molecular flexibility index (Phi) is 45.1. The predicted molar refractivity (Wildman–Crippen MR) is 454 cm³/mol. The number of aliphatic hydroxyl groups is 33. The third kappa shape index (κ3) is 28.0. The number of carbonyl (C=O) groups is 5. The molecule has 0 radical (unpaired) electrons. The van der Waals surface area contributed by atoms with Gasteiger partial charge in [-0.1, -0.05) is 0 Å². The van der Waals surface area contributed by atoms with Gasteiger partial charge in [-0.05, 0) is 6.92 Å². The number of carbonyl (C=O) groups excluding carboxylic acids is 5. The highest BCUT2D eigenvalue weighted by molar-refractivity contribution is 5.75. The lowest BCUT2D eigenvalue weighted by atomic mass is 9.94. The predicted octanol–water partition coefficient (Wildman–Crippen LogP) is -25.8. The summed E-state index contributed by atoms with van der Waals surface area (Å²) in [6.07, 6.45) is -118. The van der Waals surface area contributed by atoms with Crippen molar-refractivity contribution in [3.05, 3.63) is 0 Å². The Labute approximate surface area is 833 Å². The molecule has 11 rings (SSSR count). The Bertz CT molecular complexity index is 4050. The van der Waals surface area contributed by atoms with Crippen LogP contribution in [0.3, 0.4) is 0 Å². The summed E-state index contributed by atoms with van der Waals surface area (Å²) in [5.41, 5.74) is 0. The van der Waals surface area contributed by atoms with Crippen LogP contribution in [0.1, 0.15) is 41.5 Å². The van der Waals surface area contributed by atoms with Crippen molar-refractivity contribution in [2.75, 3.05) is 79.3 Å². The highest BCUT2D eigenvalue weighted by Gasteiger charge is 2.63. The van der Waals surface area contributed by atoms with Gasteiger partial charge in [-0.3, -0.25) is 24.0 Å². The molecule has 0 bridgehead atoms. The van der Waals surface area contributed by atoms with Gasteiger partial charge in [0.05, 0.1) is 91.4 Å². The number of amides is 5. The molecule has 11 aliphatic heterocycles. The standard InChI is InChI=1S/C82H139N5O60/c1-19-41(103)53(115)59(121)76(129-19)126-16-26(102)64(42(104)25(7-88)83-20(2)97)140-73-38(85-22(4)99)50(112)68(34(15-96)135-73)144-80-63(125)69(145-82-71(57(119)46(108)30(11-92)133-82)147-75-40(87-24(6)101)52(114)67(33(14-95)137-75)143-79-62(124)56(118)45(107)29(10-91)132-79)48(110)36(138-80)18-128-81-70(146-74-39(86-23(5)100)51(113)66(32(13-94)136-74)142-78-61(123)55(117)44(106)28(9-90)131-78)58(120)47(109)35(139-81)17-127-72-37(84-21(3)98)49(111)65(31(12-93)134-72)141-77-60(122)54(116)43(105)27(8-89)130-77/h19,25-82,88-96,102-125H,7-18H2,1-6H3,(H,83,97)(H,84,98)(H,85,99)(H,86,100)(H,87,101)/t19-,25-,26+,27+,28+,29+,30+,31+,32+,33+,34+,35+,36+,37+,38+,39+,40+,41+,42+,43-,44-,45-,46+,47+,48+,49+,50+,51+,52+,53+,54-,55-,56-,57-,58-,59-,60+,61+,62+,63-,64+,65+,66+,67+,68+,69-,70-,71-,72?,73?,74?,75?,76?,77?,78?,79?,80?,81?,82?/m0/s1. The molecule has 38 N–H and O–H groups in total. The summed E-state index contributed by atoms with van der Waals surface area (Å²) in [5, 5.41) is 384. The molecule has 0 aromatic carbocycles. The number of nitrogens with one attached hydrogen (secondary N) is 5. The first-order chi connectivity index (χ1) is 69.5. The molecule has 11 aliphatic rings. The molecule has 0 spiro atoms. The lowest BCUT2D eigenvalue weighted by Gasteiger charge is -2.51. The van der Waals surface area contributed by atoms with E-state index < -0.39 is 471 Å². The molecule has 65 heteroatoms. The van der Waals surface area contributed by atoms with E-state index in [0.29, 0.717) is 0 Å². The van der Waals surface area contributed by atoms with Gasteiger partial charge in [-0.25, -0.2) is 0 Å². The van der Waals surface area contributed by atoms with Gasteiger partial charge in [-0.2, -0.15) is 0 Å². The number of rotatable bonds is 42. The number of ether oxygens (including phenoxy) is 22. The summed E-state index contributed by atoms with van der Waals surface area (Å²) in [7, 11) is 0. The topological polar surface area (TPSA) is 1020 Å². The molecule has 11 fully saturated rings. The zero-order chi connectivity index (χ0) is 109. The summed E-state index contributed by atoms with van der Waals surface area (Å²) in [5.74, 6) is -5.03. The van der Waals surface area contributed by atoms with Crippen LogP contribution in [0.25, 0.3) is 0 Å². The highest BCUT2D eigenvalue weighted by atomic mass is 16.8. The van der Waals surface area contributed by atoms with E-state index in [1.165, 1.54) is 6.92 Å². The van der Waals surface area contributed by atoms with Crippen LogP contribution in [0.2, 0.25) is 0 Å². The van der Waals surface area contributed by atoms with Crippen molar-refractivity contribution in [1.82, 2.24) is 26.6 Å².